The first kappa shape index (κ1) is 13.5. The van der Waals surface area contributed by atoms with Crippen molar-refractivity contribution >= 4 is 5.97 Å². The van der Waals surface area contributed by atoms with Crippen LogP contribution >= 0.6 is 0 Å². The van der Waals surface area contributed by atoms with Crippen molar-refractivity contribution in [1.82, 2.24) is 5.32 Å². The Morgan fingerprint density at radius 2 is 2.00 bits per heavy atom. The molecule has 0 radical (unpaired) electrons. The molecule has 0 aromatic rings. The van der Waals surface area contributed by atoms with Gasteiger partial charge in [-0.3, -0.25) is 4.79 Å². The number of rotatable bonds is 7. The lowest BCUT2D eigenvalue weighted by atomic mass is 9.94. The van der Waals surface area contributed by atoms with Crippen molar-refractivity contribution in [2.75, 3.05) is 0 Å². The Hall–Kier alpha value is -0.570. The molecule has 1 aliphatic carbocycles. The Morgan fingerprint density at radius 3 is 2.56 bits per heavy atom. The number of unbranched alkanes of at least 4 members (excludes halogenated alkanes) is 2. The van der Waals surface area contributed by atoms with Gasteiger partial charge in [-0.2, -0.15) is 0 Å². The predicted molar refractivity (Wildman–Crippen MR) is 65.6 cm³/mol. The zero-order valence-electron chi connectivity index (χ0n) is 10.4. The van der Waals surface area contributed by atoms with E-state index in [2.05, 4.69) is 12.2 Å². The van der Waals surface area contributed by atoms with Gasteiger partial charge in [0.2, 0.25) is 0 Å². The smallest absolute Gasteiger partial charge is 0.320 e. The first-order chi connectivity index (χ1) is 7.74. The third-order valence-corrected chi connectivity index (χ3v) is 3.44. The number of carbonyl (C=O) groups is 1. The van der Waals surface area contributed by atoms with Crippen molar-refractivity contribution in [2.45, 2.75) is 76.8 Å². The lowest BCUT2D eigenvalue weighted by molar-refractivity contribution is -0.140. The molecule has 1 fully saturated rings. The highest BCUT2D eigenvalue weighted by Gasteiger charge is 2.22. The molecule has 1 atom stereocenters. The van der Waals surface area contributed by atoms with Gasteiger partial charge in [0.05, 0.1) is 0 Å². The fourth-order valence-electron chi connectivity index (χ4n) is 2.43. The number of hydrogen-bond donors (Lipinski definition) is 2. The molecule has 0 heterocycles. The number of carboxylic acids is 1. The molecular weight excluding hydrogens is 202 g/mol. The highest BCUT2D eigenvalue weighted by molar-refractivity contribution is 5.73. The van der Waals surface area contributed by atoms with Crippen LogP contribution in [-0.2, 0) is 4.79 Å². The molecule has 2 N–H and O–H groups in total. The average molecular weight is 227 g/mol. The summed E-state index contributed by atoms with van der Waals surface area (Å²) in [5, 5.41) is 12.5. The second-order valence-electron chi connectivity index (χ2n) is 4.89. The van der Waals surface area contributed by atoms with Crippen LogP contribution in [-0.4, -0.2) is 23.2 Å². The zero-order chi connectivity index (χ0) is 11.8. The second-order valence-corrected chi connectivity index (χ2v) is 4.89. The zero-order valence-corrected chi connectivity index (χ0v) is 10.4. The summed E-state index contributed by atoms with van der Waals surface area (Å²) < 4.78 is 0. The average Bonchev–Trinajstić information content (AvgIpc) is 2.29. The predicted octanol–water partition coefficient (Wildman–Crippen LogP) is 2.94. The van der Waals surface area contributed by atoms with Crippen LogP contribution in [0.1, 0.15) is 64.7 Å². The van der Waals surface area contributed by atoms with Crippen LogP contribution in [0.5, 0.6) is 0 Å². The summed E-state index contributed by atoms with van der Waals surface area (Å²) in [6.45, 7) is 2.14. The minimum atomic E-state index is -0.679. The number of nitrogens with one attached hydrogen (secondary N) is 1. The fraction of sp³-hybridized carbons (Fsp3) is 0.923. The van der Waals surface area contributed by atoms with E-state index in [4.69, 9.17) is 5.11 Å². The Morgan fingerprint density at radius 1 is 1.31 bits per heavy atom. The van der Waals surface area contributed by atoms with Crippen molar-refractivity contribution in [3.8, 4) is 0 Å². The lowest BCUT2D eigenvalue weighted by Crippen LogP contribution is -2.44. The molecule has 0 spiro atoms. The lowest BCUT2D eigenvalue weighted by Gasteiger charge is -2.26. The minimum absolute atomic E-state index is 0.324. The van der Waals surface area contributed by atoms with E-state index in [1.54, 1.807) is 0 Å². The quantitative estimate of drug-likeness (QED) is 0.657. The van der Waals surface area contributed by atoms with Crippen LogP contribution in [0.15, 0.2) is 0 Å². The summed E-state index contributed by atoms with van der Waals surface area (Å²) >= 11 is 0. The molecule has 1 rings (SSSR count). The van der Waals surface area contributed by atoms with Gasteiger partial charge in [-0.05, 0) is 19.3 Å². The van der Waals surface area contributed by atoms with Crippen molar-refractivity contribution in [3.63, 3.8) is 0 Å². The Bertz CT molecular complexity index is 200. The number of carboxylic acid groups (broad SMARTS) is 1. The van der Waals surface area contributed by atoms with E-state index in [0.717, 1.165) is 38.5 Å². The first-order valence-electron chi connectivity index (χ1n) is 6.73. The van der Waals surface area contributed by atoms with Crippen LogP contribution in [0.3, 0.4) is 0 Å². The molecule has 16 heavy (non-hydrogen) atoms. The standard InChI is InChI=1S/C13H25NO2/c1-2-3-5-10-12(13(15)16)14-11-8-6-4-7-9-11/h11-12,14H,2-10H2,1H3,(H,15,16). The molecule has 0 amide bonds. The molecule has 0 saturated heterocycles. The van der Waals surface area contributed by atoms with Gasteiger partial charge in [0, 0.05) is 6.04 Å². The topological polar surface area (TPSA) is 49.3 Å². The highest BCUT2D eigenvalue weighted by Crippen LogP contribution is 2.18. The fourth-order valence-corrected chi connectivity index (χ4v) is 2.43. The minimum Gasteiger partial charge on any atom is -0.480 e. The first-order valence-corrected chi connectivity index (χ1v) is 6.73. The molecule has 0 aliphatic heterocycles. The van der Waals surface area contributed by atoms with Crippen LogP contribution < -0.4 is 5.32 Å². The van der Waals surface area contributed by atoms with Gasteiger partial charge in [-0.25, -0.2) is 0 Å². The third-order valence-electron chi connectivity index (χ3n) is 3.44. The Kier molecular flexibility index (Phi) is 6.46. The molecule has 3 nitrogen and oxygen atoms in total. The van der Waals surface area contributed by atoms with Gasteiger partial charge in [0.25, 0.3) is 0 Å². The molecule has 94 valence electrons. The maximum atomic E-state index is 11.1. The molecule has 0 bridgehead atoms. The molecule has 1 saturated carbocycles. The molecule has 0 aromatic carbocycles. The molecule has 1 unspecified atom stereocenters. The number of aliphatic carboxylic acids is 1. The normalized spacial score (nSPS) is 19.6. The largest absolute Gasteiger partial charge is 0.480 e. The van der Waals surface area contributed by atoms with E-state index < -0.39 is 5.97 Å². The van der Waals surface area contributed by atoms with E-state index in [9.17, 15) is 4.79 Å². The number of hydrogen-bond acceptors (Lipinski definition) is 2. The summed E-state index contributed by atoms with van der Waals surface area (Å²) in [4.78, 5) is 11.1. The van der Waals surface area contributed by atoms with Crippen LogP contribution in [0.4, 0.5) is 0 Å². The van der Waals surface area contributed by atoms with Crippen molar-refractivity contribution in [3.05, 3.63) is 0 Å². The maximum Gasteiger partial charge on any atom is 0.320 e. The van der Waals surface area contributed by atoms with E-state index in [1.807, 2.05) is 0 Å². The van der Waals surface area contributed by atoms with Gasteiger partial charge < -0.3 is 10.4 Å². The summed E-state index contributed by atoms with van der Waals surface area (Å²) in [6.07, 6.45) is 10.2. The molecule has 3 heteroatoms. The second kappa shape index (κ2) is 7.66. The van der Waals surface area contributed by atoms with Crippen molar-refractivity contribution in [1.29, 1.82) is 0 Å². The highest BCUT2D eigenvalue weighted by atomic mass is 16.4. The molecular formula is C13H25NO2. The summed E-state index contributed by atoms with van der Waals surface area (Å²) in [5.41, 5.74) is 0. The van der Waals surface area contributed by atoms with Crippen LogP contribution in [0.2, 0.25) is 0 Å². The van der Waals surface area contributed by atoms with Gasteiger partial charge >= 0.3 is 5.97 Å². The van der Waals surface area contributed by atoms with Gasteiger partial charge in [-0.1, -0.05) is 45.4 Å². The monoisotopic (exact) mass is 227 g/mol. The SMILES string of the molecule is CCCCCC(NC1CCCCC1)C(=O)O. The third kappa shape index (κ3) is 4.97. The van der Waals surface area contributed by atoms with E-state index in [1.165, 1.54) is 19.3 Å². The summed E-state index contributed by atoms with van der Waals surface area (Å²) in [5.74, 6) is -0.679. The summed E-state index contributed by atoms with van der Waals surface area (Å²) in [7, 11) is 0. The van der Waals surface area contributed by atoms with Crippen molar-refractivity contribution < 1.29 is 9.90 Å². The van der Waals surface area contributed by atoms with Crippen LogP contribution in [0, 0.1) is 0 Å². The maximum absolute atomic E-state index is 11.1. The van der Waals surface area contributed by atoms with Gasteiger partial charge in [0.15, 0.2) is 0 Å². The molecule has 1 aliphatic rings. The van der Waals surface area contributed by atoms with Crippen molar-refractivity contribution in [2.24, 2.45) is 0 Å². The van der Waals surface area contributed by atoms with Crippen LogP contribution in [0.25, 0.3) is 0 Å². The van der Waals surface area contributed by atoms with E-state index in [0.29, 0.717) is 6.04 Å². The summed E-state index contributed by atoms with van der Waals surface area (Å²) in [6, 6.07) is 0.117. The Balaban J connectivity index is 2.28. The van der Waals surface area contributed by atoms with E-state index >= 15 is 0 Å². The van der Waals surface area contributed by atoms with Gasteiger partial charge in [0.1, 0.15) is 6.04 Å². The molecule has 0 aromatic heterocycles. The Labute approximate surface area is 98.6 Å². The van der Waals surface area contributed by atoms with E-state index in [-0.39, 0.29) is 6.04 Å². The van der Waals surface area contributed by atoms with Gasteiger partial charge in [-0.15, -0.1) is 0 Å².